The summed E-state index contributed by atoms with van der Waals surface area (Å²) in [4.78, 5) is 24.3. The van der Waals surface area contributed by atoms with Crippen LogP contribution in [-0.4, -0.2) is 32.2 Å². The number of hydrogen-bond acceptors (Lipinski definition) is 6. The summed E-state index contributed by atoms with van der Waals surface area (Å²) in [7, 11) is 0. The van der Waals surface area contributed by atoms with Crippen molar-refractivity contribution in [2.45, 2.75) is 32.0 Å². The number of rotatable bonds is 9. The van der Waals surface area contributed by atoms with Crippen LogP contribution in [0.5, 0.6) is 0 Å². The maximum absolute atomic E-state index is 12.8. The highest BCUT2D eigenvalue weighted by Crippen LogP contribution is 2.26. The average Bonchev–Trinajstić information content (AvgIpc) is 3.48. The van der Waals surface area contributed by atoms with Gasteiger partial charge in [0.15, 0.2) is 16.8 Å². The SMILES string of the molecule is CCC(=O)Nc1ccc(C(=O)CSc2nnc(-c3cccc(C)c3)n2Cc2ccco2)cc1. The Bertz CT molecular complexity index is 1250. The van der Waals surface area contributed by atoms with Crippen LogP contribution in [0.4, 0.5) is 5.69 Å². The van der Waals surface area contributed by atoms with Gasteiger partial charge in [0.25, 0.3) is 0 Å². The minimum atomic E-state index is -0.0649. The van der Waals surface area contributed by atoms with E-state index in [9.17, 15) is 9.59 Å². The van der Waals surface area contributed by atoms with Crippen LogP contribution >= 0.6 is 11.8 Å². The topological polar surface area (TPSA) is 90.0 Å². The van der Waals surface area contributed by atoms with Crippen molar-refractivity contribution in [1.29, 1.82) is 0 Å². The molecule has 0 saturated heterocycles. The molecule has 0 unspecified atom stereocenters. The van der Waals surface area contributed by atoms with Gasteiger partial charge in [0.1, 0.15) is 5.76 Å². The fourth-order valence-electron chi connectivity index (χ4n) is 3.30. The molecule has 8 heteroatoms. The predicted octanol–water partition coefficient (Wildman–Crippen LogP) is 5.22. The Hall–Kier alpha value is -3.65. The third-order valence-corrected chi connectivity index (χ3v) is 6.00. The zero-order valence-electron chi connectivity index (χ0n) is 18.4. The summed E-state index contributed by atoms with van der Waals surface area (Å²) >= 11 is 1.34. The summed E-state index contributed by atoms with van der Waals surface area (Å²) in [6.45, 7) is 4.29. The molecule has 0 aliphatic carbocycles. The molecular formula is C25H24N4O3S. The number of hydrogen-bond donors (Lipinski definition) is 1. The molecule has 0 bridgehead atoms. The van der Waals surface area contributed by atoms with Gasteiger partial charge in [0.05, 0.1) is 18.6 Å². The lowest BCUT2D eigenvalue weighted by atomic mass is 10.1. The zero-order chi connectivity index (χ0) is 23.2. The highest BCUT2D eigenvalue weighted by molar-refractivity contribution is 7.99. The van der Waals surface area contributed by atoms with Crippen molar-refractivity contribution in [3.63, 3.8) is 0 Å². The number of Topliss-reactive ketones (excluding diaryl/α,β-unsaturated/α-hetero) is 1. The Morgan fingerprint density at radius 1 is 1.06 bits per heavy atom. The summed E-state index contributed by atoms with van der Waals surface area (Å²) < 4.78 is 7.50. The van der Waals surface area contributed by atoms with E-state index in [1.807, 2.05) is 41.8 Å². The summed E-state index contributed by atoms with van der Waals surface area (Å²) in [5.41, 5.74) is 3.33. The number of carbonyl (C=O) groups excluding carboxylic acids is 2. The largest absolute Gasteiger partial charge is 0.467 e. The fraction of sp³-hybridized carbons (Fsp3) is 0.200. The van der Waals surface area contributed by atoms with Crippen LogP contribution in [0.15, 0.2) is 76.5 Å². The average molecular weight is 461 g/mol. The molecule has 0 atom stereocenters. The van der Waals surface area contributed by atoms with E-state index in [0.717, 1.165) is 22.7 Å². The number of nitrogens with one attached hydrogen (secondary N) is 1. The van der Waals surface area contributed by atoms with E-state index in [-0.39, 0.29) is 17.4 Å². The zero-order valence-corrected chi connectivity index (χ0v) is 19.3. The predicted molar refractivity (Wildman–Crippen MR) is 128 cm³/mol. The Balaban J connectivity index is 1.51. The number of thioether (sulfide) groups is 1. The van der Waals surface area contributed by atoms with E-state index in [4.69, 9.17) is 4.42 Å². The molecule has 4 aromatic rings. The van der Waals surface area contributed by atoms with Gasteiger partial charge in [0.2, 0.25) is 5.91 Å². The smallest absolute Gasteiger partial charge is 0.224 e. The molecule has 1 amide bonds. The van der Waals surface area contributed by atoms with Gasteiger partial charge in [-0.25, -0.2) is 0 Å². The summed E-state index contributed by atoms with van der Waals surface area (Å²) in [6.07, 6.45) is 2.04. The Morgan fingerprint density at radius 3 is 2.58 bits per heavy atom. The molecule has 7 nitrogen and oxygen atoms in total. The number of aryl methyl sites for hydroxylation is 1. The lowest BCUT2D eigenvalue weighted by Gasteiger charge is -2.09. The first-order valence-electron chi connectivity index (χ1n) is 10.6. The second-order valence-corrected chi connectivity index (χ2v) is 8.47. The first kappa shape index (κ1) is 22.5. The fourth-order valence-corrected chi connectivity index (χ4v) is 4.13. The summed E-state index contributed by atoms with van der Waals surface area (Å²) in [5, 5.41) is 12.2. The highest BCUT2D eigenvalue weighted by Gasteiger charge is 2.18. The van der Waals surface area contributed by atoms with Crippen LogP contribution in [-0.2, 0) is 11.3 Å². The number of furan rings is 1. The Labute approximate surface area is 196 Å². The third-order valence-electron chi connectivity index (χ3n) is 5.03. The molecule has 4 rings (SSSR count). The Morgan fingerprint density at radius 2 is 1.88 bits per heavy atom. The molecule has 0 aliphatic rings. The molecule has 0 saturated carbocycles. The molecule has 168 valence electrons. The number of anilines is 1. The van der Waals surface area contributed by atoms with Crippen LogP contribution < -0.4 is 5.32 Å². The third kappa shape index (κ3) is 5.59. The molecule has 33 heavy (non-hydrogen) atoms. The van der Waals surface area contributed by atoms with E-state index in [1.165, 1.54) is 11.8 Å². The van der Waals surface area contributed by atoms with Crippen molar-refractivity contribution < 1.29 is 14.0 Å². The van der Waals surface area contributed by atoms with E-state index < -0.39 is 0 Å². The number of benzene rings is 2. The van der Waals surface area contributed by atoms with Gasteiger partial charge in [-0.2, -0.15) is 0 Å². The van der Waals surface area contributed by atoms with E-state index in [1.54, 1.807) is 37.5 Å². The normalized spacial score (nSPS) is 10.8. The van der Waals surface area contributed by atoms with Gasteiger partial charge in [-0.1, -0.05) is 42.4 Å². The van der Waals surface area contributed by atoms with Crippen molar-refractivity contribution in [1.82, 2.24) is 14.8 Å². The minimum absolute atomic E-state index is 0.0296. The molecule has 0 spiro atoms. The quantitative estimate of drug-likeness (QED) is 0.272. The number of amides is 1. The monoisotopic (exact) mass is 460 g/mol. The minimum Gasteiger partial charge on any atom is -0.467 e. The van der Waals surface area contributed by atoms with Crippen molar-refractivity contribution in [3.05, 3.63) is 83.8 Å². The molecular weight excluding hydrogens is 436 g/mol. The van der Waals surface area contributed by atoms with Gasteiger partial charge in [-0.3, -0.25) is 14.2 Å². The number of nitrogens with zero attached hydrogens (tertiary/aromatic N) is 3. The van der Waals surface area contributed by atoms with Crippen LogP contribution in [0.3, 0.4) is 0 Å². The molecule has 2 aromatic heterocycles. The van der Waals surface area contributed by atoms with E-state index in [2.05, 4.69) is 21.6 Å². The van der Waals surface area contributed by atoms with Crippen molar-refractivity contribution in [2.75, 3.05) is 11.1 Å². The second kappa shape index (κ2) is 10.3. The number of aromatic nitrogens is 3. The van der Waals surface area contributed by atoms with Crippen molar-refractivity contribution in [2.24, 2.45) is 0 Å². The maximum Gasteiger partial charge on any atom is 0.224 e. The lowest BCUT2D eigenvalue weighted by molar-refractivity contribution is -0.115. The summed E-state index contributed by atoms with van der Waals surface area (Å²) in [6, 6.07) is 18.7. The van der Waals surface area contributed by atoms with E-state index in [0.29, 0.717) is 29.4 Å². The summed E-state index contributed by atoms with van der Waals surface area (Å²) in [5.74, 6) is 1.62. The van der Waals surface area contributed by atoms with E-state index >= 15 is 0 Å². The van der Waals surface area contributed by atoms with Crippen molar-refractivity contribution >= 4 is 29.1 Å². The lowest BCUT2D eigenvalue weighted by Crippen LogP contribution is -2.10. The standard InChI is InChI=1S/C25H24N4O3S/c1-3-23(31)26-20-11-9-18(10-12-20)22(30)16-33-25-28-27-24(19-7-4-6-17(2)14-19)29(25)15-21-8-5-13-32-21/h4-14H,3,15-16H2,1-2H3,(H,26,31). The van der Waals surface area contributed by atoms with Crippen LogP contribution in [0.2, 0.25) is 0 Å². The molecule has 1 N–H and O–H groups in total. The van der Waals surface area contributed by atoms with Gasteiger partial charge in [-0.05, 0) is 49.4 Å². The first-order valence-corrected chi connectivity index (χ1v) is 11.6. The maximum atomic E-state index is 12.8. The molecule has 0 aliphatic heterocycles. The van der Waals surface area contributed by atoms with Crippen molar-refractivity contribution in [3.8, 4) is 11.4 Å². The first-order chi connectivity index (χ1) is 16.0. The Kier molecular flexibility index (Phi) is 7.04. The molecule has 2 heterocycles. The van der Waals surface area contributed by atoms with Gasteiger partial charge in [-0.15, -0.1) is 10.2 Å². The molecule has 0 fully saturated rings. The molecule has 2 aromatic carbocycles. The highest BCUT2D eigenvalue weighted by atomic mass is 32.2. The molecule has 0 radical (unpaired) electrons. The number of ketones is 1. The van der Waals surface area contributed by atoms with Gasteiger partial charge < -0.3 is 9.73 Å². The van der Waals surface area contributed by atoms with Crippen LogP contribution in [0, 0.1) is 6.92 Å². The van der Waals surface area contributed by atoms with Gasteiger partial charge >= 0.3 is 0 Å². The number of carbonyl (C=O) groups is 2. The second-order valence-electron chi connectivity index (χ2n) is 7.53. The van der Waals surface area contributed by atoms with Crippen LogP contribution in [0.25, 0.3) is 11.4 Å². The van der Waals surface area contributed by atoms with Crippen LogP contribution in [0.1, 0.15) is 35.0 Å². The van der Waals surface area contributed by atoms with Gasteiger partial charge in [0, 0.05) is 23.2 Å².